The lowest BCUT2D eigenvalue weighted by atomic mass is 9.94. The van der Waals surface area contributed by atoms with Crippen LogP contribution in [0.2, 0.25) is 0 Å². The van der Waals surface area contributed by atoms with Crippen LogP contribution in [-0.4, -0.2) is 29.2 Å². The van der Waals surface area contributed by atoms with Crippen LogP contribution in [0.3, 0.4) is 0 Å². The summed E-state index contributed by atoms with van der Waals surface area (Å²) in [6.07, 6.45) is -4.62. The molecular formula is C12H13BrF3N3O. The van der Waals surface area contributed by atoms with Gasteiger partial charge in [-0.1, -0.05) is 6.07 Å². The summed E-state index contributed by atoms with van der Waals surface area (Å²) >= 11 is 3.21. The van der Waals surface area contributed by atoms with E-state index in [1.165, 1.54) is 0 Å². The number of nitrogens with zero attached hydrogens (tertiary/aromatic N) is 2. The second-order valence-electron chi connectivity index (χ2n) is 4.94. The molecule has 0 aliphatic carbocycles. The molecule has 0 saturated heterocycles. The van der Waals surface area contributed by atoms with Crippen LogP contribution in [0.1, 0.15) is 19.5 Å². The first kappa shape index (κ1) is 15.2. The van der Waals surface area contributed by atoms with E-state index in [4.69, 9.17) is 10.5 Å². The molecule has 20 heavy (non-hydrogen) atoms. The maximum Gasteiger partial charge on any atom is 0.424 e. The number of hydrogen-bond donors (Lipinski definition) is 1. The number of nitrogens with two attached hydrogens (primary N) is 1. The number of pyridine rings is 1. The molecule has 4 nitrogen and oxygen atoms in total. The Morgan fingerprint density at radius 3 is 2.50 bits per heavy atom. The summed E-state index contributed by atoms with van der Waals surface area (Å²) in [5, 5.41) is 0. The first-order valence-corrected chi connectivity index (χ1v) is 6.57. The third-order valence-corrected chi connectivity index (χ3v) is 3.75. The number of amidine groups is 1. The molecule has 8 heteroatoms. The van der Waals surface area contributed by atoms with Crippen molar-refractivity contribution in [3.8, 4) is 0 Å². The number of aliphatic imine (C=N–C) groups is 1. The number of hydrogen-bond acceptors (Lipinski definition) is 4. The van der Waals surface area contributed by atoms with Gasteiger partial charge in [0.1, 0.15) is 16.0 Å². The highest BCUT2D eigenvalue weighted by Crippen LogP contribution is 2.40. The molecule has 2 heterocycles. The van der Waals surface area contributed by atoms with Crippen LogP contribution in [0.4, 0.5) is 13.2 Å². The van der Waals surface area contributed by atoms with Crippen molar-refractivity contribution >= 4 is 21.8 Å². The molecule has 1 aromatic heterocycles. The van der Waals surface area contributed by atoms with Crippen molar-refractivity contribution < 1.29 is 17.9 Å². The van der Waals surface area contributed by atoms with E-state index in [0.717, 1.165) is 6.92 Å². The zero-order valence-corrected chi connectivity index (χ0v) is 12.4. The molecule has 2 unspecified atom stereocenters. The van der Waals surface area contributed by atoms with Crippen molar-refractivity contribution in [2.45, 2.75) is 31.2 Å². The second kappa shape index (κ2) is 4.70. The second-order valence-corrected chi connectivity index (χ2v) is 5.75. The van der Waals surface area contributed by atoms with Crippen LogP contribution in [0, 0.1) is 0 Å². The maximum absolute atomic E-state index is 13.0. The highest BCUT2D eigenvalue weighted by molar-refractivity contribution is 9.10. The van der Waals surface area contributed by atoms with Crippen molar-refractivity contribution in [3.05, 3.63) is 28.5 Å². The van der Waals surface area contributed by atoms with Crippen molar-refractivity contribution in [1.82, 2.24) is 4.98 Å². The van der Waals surface area contributed by atoms with Gasteiger partial charge in [0.25, 0.3) is 0 Å². The van der Waals surface area contributed by atoms with E-state index in [0.29, 0.717) is 10.3 Å². The lowest BCUT2D eigenvalue weighted by Crippen LogP contribution is -2.60. The zero-order valence-electron chi connectivity index (χ0n) is 10.8. The summed E-state index contributed by atoms with van der Waals surface area (Å²) in [6, 6.07) is 5.10. The van der Waals surface area contributed by atoms with Crippen molar-refractivity contribution in [1.29, 1.82) is 0 Å². The maximum atomic E-state index is 13.0. The standard InChI is InChI=1S/C12H13BrF3N3O/c1-10(7-4-3-5-8(13)18-7)6-20-11(2,9(17)19-10)12(14,15)16/h3-5H,6H2,1-2H3,(H2,17,19). The van der Waals surface area contributed by atoms with E-state index >= 15 is 0 Å². The van der Waals surface area contributed by atoms with Gasteiger partial charge in [0.05, 0.1) is 12.3 Å². The van der Waals surface area contributed by atoms with Gasteiger partial charge < -0.3 is 10.5 Å². The number of rotatable bonds is 1. The molecule has 0 amide bonds. The highest BCUT2D eigenvalue weighted by Gasteiger charge is 2.59. The number of alkyl halides is 3. The van der Waals surface area contributed by atoms with Crippen LogP contribution in [0.15, 0.2) is 27.8 Å². The quantitative estimate of drug-likeness (QED) is 0.791. The Balaban J connectivity index is 2.44. The largest absolute Gasteiger partial charge is 0.424 e. The normalized spacial score (nSPS) is 31.0. The number of halogens is 4. The topological polar surface area (TPSA) is 60.5 Å². The Labute approximate surface area is 122 Å². The van der Waals surface area contributed by atoms with Gasteiger partial charge >= 0.3 is 6.18 Å². The molecule has 1 aromatic rings. The summed E-state index contributed by atoms with van der Waals surface area (Å²) in [4.78, 5) is 8.22. The molecule has 0 spiro atoms. The molecule has 2 N–H and O–H groups in total. The van der Waals surface area contributed by atoms with Gasteiger partial charge in [-0.3, -0.25) is 4.99 Å². The van der Waals surface area contributed by atoms with Crippen LogP contribution >= 0.6 is 15.9 Å². The fraction of sp³-hybridized carbons (Fsp3) is 0.500. The van der Waals surface area contributed by atoms with Crippen LogP contribution in [0.5, 0.6) is 0 Å². The third kappa shape index (κ3) is 2.42. The molecule has 0 radical (unpaired) electrons. The lowest BCUT2D eigenvalue weighted by molar-refractivity contribution is -0.249. The minimum Gasteiger partial charge on any atom is -0.385 e. The molecule has 2 atom stereocenters. The molecule has 0 saturated carbocycles. The number of ether oxygens (including phenoxy) is 1. The number of aromatic nitrogens is 1. The van der Waals surface area contributed by atoms with E-state index in [2.05, 4.69) is 25.9 Å². The van der Waals surface area contributed by atoms with Crippen LogP contribution < -0.4 is 5.73 Å². The predicted octanol–water partition coefficient (Wildman–Crippen LogP) is 2.77. The van der Waals surface area contributed by atoms with Gasteiger partial charge in [0.2, 0.25) is 5.60 Å². The van der Waals surface area contributed by atoms with Gasteiger partial charge in [0.15, 0.2) is 0 Å². The smallest absolute Gasteiger partial charge is 0.385 e. The van der Waals surface area contributed by atoms with E-state index in [9.17, 15) is 13.2 Å². The van der Waals surface area contributed by atoms with Crippen molar-refractivity contribution in [3.63, 3.8) is 0 Å². The molecule has 0 bridgehead atoms. The summed E-state index contributed by atoms with van der Waals surface area (Å²) in [7, 11) is 0. The zero-order chi connectivity index (χ0) is 15.2. The molecule has 0 aromatic carbocycles. The molecular weight excluding hydrogens is 339 g/mol. The minimum absolute atomic E-state index is 0.257. The average molecular weight is 352 g/mol. The van der Waals surface area contributed by atoms with Gasteiger partial charge in [-0.25, -0.2) is 4.98 Å². The van der Waals surface area contributed by atoms with Gasteiger partial charge in [-0.15, -0.1) is 0 Å². The van der Waals surface area contributed by atoms with E-state index in [1.54, 1.807) is 25.1 Å². The predicted molar refractivity (Wildman–Crippen MR) is 71.3 cm³/mol. The lowest BCUT2D eigenvalue weighted by Gasteiger charge is -2.40. The monoisotopic (exact) mass is 351 g/mol. The first-order chi connectivity index (χ1) is 9.08. The SMILES string of the molecule is CC1(c2cccc(Br)n2)COC(C)(C(F)(F)F)C(N)=N1. The van der Waals surface area contributed by atoms with E-state index in [-0.39, 0.29) is 6.61 Å². The fourth-order valence-corrected chi connectivity index (χ4v) is 2.17. The van der Waals surface area contributed by atoms with E-state index in [1.807, 2.05) is 0 Å². The van der Waals surface area contributed by atoms with Gasteiger partial charge in [-0.05, 0) is 41.9 Å². The summed E-state index contributed by atoms with van der Waals surface area (Å²) < 4.78 is 44.5. The summed E-state index contributed by atoms with van der Waals surface area (Å²) in [6.45, 7) is 2.25. The van der Waals surface area contributed by atoms with Crippen LogP contribution in [-0.2, 0) is 10.3 Å². The van der Waals surface area contributed by atoms with E-state index < -0.39 is 23.2 Å². The average Bonchev–Trinajstić information content (AvgIpc) is 2.33. The summed E-state index contributed by atoms with van der Waals surface area (Å²) in [5.41, 5.74) is 2.40. The van der Waals surface area contributed by atoms with Gasteiger partial charge in [-0.2, -0.15) is 13.2 Å². The Morgan fingerprint density at radius 2 is 2.00 bits per heavy atom. The molecule has 1 aliphatic heterocycles. The Hall–Kier alpha value is -1.15. The highest BCUT2D eigenvalue weighted by atomic mass is 79.9. The Morgan fingerprint density at radius 1 is 1.35 bits per heavy atom. The third-order valence-electron chi connectivity index (χ3n) is 3.31. The molecule has 2 rings (SSSR count). The summed E-state index contributed by atoms with van der Waals surface area (Å²) in [5.74, 6) is -0.597. The first-order valence-electron chi connectivity index (χ1n) is 5.78. The van der Waals surface area contributed by atoms with Crippen molar-refractivity contribution in [2.75, 3.05) is 6.61 Å². The van der Waals surface area contributed by atoms with Gasteiger partial charge in [0, 0.05) is 0 Å². The molecule has 1 aliphatic rings. The van der Waals surface area contributed by atoms with Crippen LogP contribution in [0.25, 0.3) is 0 Å². The van der Waals surface area contributed by atoms with Crippen molar-refractivity contribution in [2.24, 2.45) is 10.7 Å². The Bertz CT molecular complexity index is 563. The Kier molecular flexibility index (Phi) is 3.58. The molecule has 0 fully saturated rings. The fourth-order valence-electron chi connectivity index (χ4n) is 1.83. The molecule has 110 valence electrons. The minimum atomic E-state index is -4.62.